The van der Waals surface area contributed by atoms with Gasteiger partial charge in [0.25, 0.3) is 11.5 Å². The third kappa shape index (κ3) is 2.25. The lowest BCUT2D eigenvalue weighted by Gasteiger charge is -2.06. The molecular formula is C14H13N5O3. The summed E-state index contributed by atoms with van der Waals surface area (Å²) in [5.74, 6) is -0.289. The molecule has 0 radical (unpaired) electrons. The Morgan fingerprint density at radius 2 is 2.23 bits per heavy atom. The number of carbonyl (C=O) groups excluding carboxylic acids is 1. The predicted octanol–water partition coefficient (Wildman–Crippen LogP) is 0.925. The van der Waals surface area contributed by atoms with Crippen molar-refractivity contribution in [3.63, 3.8) is 0 Å². The fraction of sp³-hybridized carbons (Fsp3) is 0.143. The van der Waals surface area contributed by atoms with Crippen LogP contribution in [-0.4, -0.2) is 30.9 Å². The van der Waals surface area contributed by atoms with E-state index in [1.54, 1.807) is 22.4 Å². The first-order valence-corrected chi connectivity index (χ1v) is 6.64. The van der Waals surface area contributed by atoms with Gasteiger partial charge in [-0.05, 0) is 31.2 Å². The molecule has 0 saturated carbocycles. The average Bonchev–Trinajstić information content (AvgIpc) is 3.02. The second-order valence-corrected chi connectivity index (χ2v) is 4.62. The number of nitrogens with one attached hydrogen (secondary N) is 2. The van der Waals surface area contributed by atoms with E-state index in [4.69, 9.17) is 5.21 Å². The largest absolute Gasteiger partial charge is 0.305 e. The Bertz CT molecular complexity index is 912. The van der Waals surface area contributed by atoms with E-state index in [1.807, 2.05) is 6.92 Å². The maximum Gasteiger partial charge on any atom is 0.274 e. The minimum atomic E-state index is -0.663. The number of carbonyl (C=O) groups is 1. The molecular weight excluding hydrogens is 286 g/mol. The van der Waals surface area contributed by atoms with Crippen molar-refractivity contribution < 1.29 is 10.0 Å². The maximum absolute atomic E-state index is 12.2. The average molecular weight is 299 g/mol. The highest BCUT2D eigenvalue weighted by atomic mass is 16.5. The molecule has 3 rings (SSSR count). The van der Waals surface area contributed by atoms with Crippen LogP contribution in [-0.2, 0) is 6.54 Å². The first kappa shape index (κ1) is 14.0. The van der Waals surface area contributed by atoms with E-state index in [-0.39, 0.29) is 11.1 Å². The van der Waals surface area contributed by atoms with Crippen molar-refractivity contribution in [2.75, 3.05) is 0 Å². The summed E-state index contributed by atoms with van der Waals surface area (Å²) in [7, 11) is 0. The Hall–Kier alpha value is -3.00. The molecule has 0 aliphatic heterocycles. The lowest BCUT2D eigenvalue weighted by molar-refractivity contribution is 0.0706. The van der Waals surface area contributed by atoms with Gasteiger partial charge >= 0.3 is 0 Å². The number of aryl methyl sites for hydroxylation is 1. The lowest BCUT2D eigenvalue weighted by atomic mass is 10.1. The summed E-state index contributed by atoms with van der Waals surface area (Å²) in [6.45, 7) is 2.57. The van der Waals surface area contributed by atoms with Crippen molar-refractivity contribution in [3.05, 3.63) is 46.4 Å². The summed E-state index contributed by atoms with van der Waals surface area (Å²) in [5.41, 5.74) is 2.50. The summed E-state index contributed by atoms with van der Waals surface area (Å²) in [4.78, 5) is 30.7. The van der Waals surface area contributed by atoms with Crippen LogP contribution in [0.25, 0.3) is 22.4 Å². The molecule has 3 aromatic rings. The number of aromatic nitrogens is 4. The van der Waals surface area contributed by atoms with Gasteiger partial charge in [-0.15, -0.1) is 0 Å². The maximum atomic E-state index is 12.2. The topological polar surface area (TPSA) is 113 Å². The molecule has 0 fully saturated rings. The van der Waals surface area contributed by atoms with Crippen molar-refractivity contribution in [1.82, 2.24) is 25.2 Å². The highest BCUT2D eigenvalue weighted by Crippen LogP contribution is 2.17. The molecule has 112 valence electrons. The van der Waals surface area contributed by atoms with E-state index >= 15 is 0 Å². The summed E-state index contributed by atoms with van der Waals surface area (Å²) in [5, 5.41) is 13.2. The van der Waals surface area contributed by atoms with Gasteiger partial charge in [-0.1, -0.05) is 0 Å². The van der Waals surface area contributed by atoms with Gasteiger partial charge in [0.05, 0.1) is 10.9 Å². The number of hydrogen-bond donors (Lipinski definition) is 3. The van der Waals surface area contributed by atoms with Gasteiger partial charge in [0.15, 0.2) is 5.82 Å². The Morgan fingerprint density at radius 1 is 1.41 bits per heavy atom. The molecule has 2 aromatic heterocycles. The third-order valence-electron chi connectivity index (χ3n) is 3.33. The SMILES string of the molecule is CCn1nccc1-c1nc2cc(C(=O)NO)ccc2c(=O)[nH]1. The monoisotopic (exact) mass is 299 g/mol. The zero-order valence-corrected chi connectivity index (χ0v) is 11.7. The van der Waals surface area contributed by atoms with Crippen LogP contribution in [0.4, 0.5) is 0 Å². The quantitative estimate of drug-likeness (QED) is 0.492. The Balaban J connectivity index is 2.22. The molecule has 0 spiro atoms. The lowest BCUT2D eigenvalue weighted by Crippen LogP contribution is -2.19. The number of fused-ring (bicyclic) bond motifs is 1. The summed E-state index contributed by atoms with van der Waals surface area (Å²) in [6, 6.07) is 6.14. The highest BCUT2D eigenvalue weighted by molar-refractivity contribution is 5.97. The normalized spacial score (nSPS) is 10.8. The van der Waals surface area contributed by atoms with E-state index in [0.29, 0.717) is 29.0 Å². The second-order valence-electron chi connectivity index (χ2n) is 4.62. The molecule has 0 atom stereocenters. The van der Waals surface area contributed by atoms with Gasteiger partial charge in [-0.2, -0.15) is 5.10 Å². The van der Waals surface area contributed by atoms with Gasteiger partial charge in [0.2, 0.25) is 0 Å². The van der Waals surface area contributed by atoms with Crippen LogP contribution in [0.5, 0.6) is 0 Å². The zero-order chi connectivity index (χ0) is 15.7. The molecule has 0 aliphatic rings. The number of benzene rings is 1. The van der Waals surface area contributed by atoms with E-state index in [2.05, 4.69) is 15.1 Å². The summed E-state index contributed by atoms with van der Waals surface area (Å²) < 4.78 is 1.70. The molecule has 1 amide bonds. The number of hydroxylamine groups is 1. The van der Waals surface area contributed by atoms with Gasteiger partial charge in [-0.3, -0.25) is 19.5 Å². The molecule has 3 N–H and O–H groups in total. The smallest absolute Gasteiger partial charge is 0.274 e. The van der Waals surface area contributed by atoms with Crippen LogP contribution >= 0.6 is 0 Å². The van der Waals surface area contributed by atoms with Gasteiger partial charge < -0.3 is 4.98 Å². The molecule has 8 nitrogen and oxygen atoms in total. The fourth-order valence-electron chi connectivity index (χ4n) is 2.25. The molecule has 8 heteroatoms. The van der Waals surface area contributed by atoms with Gasteiger partial charge in [0.1, 0.15) is 5.69 Å². The molecule has 22 heavy (non-hydrogen) atoms. The van der Waals surface area contributed by atoms with E-state index < -0.39 is 5.91 Å². The minimum absolute atomic E-state index is 0.211. The van der Waals surface area contributed by atoms with Crippen molar-refractivity contribution >= 4 is 16.8 Å². The molecule has 0 unspecified atom stereocenters. The number of hydrogen-bond acceptors (Lipinski definition) is 5. The van der Waals surface area contributed by atoms with Crippen molar-refractivity contribution in [2.45, 2.75) is 13.5 Å². The van der Waals surface area contributed by atoms with Crippen LogP contribution in [0.15, 0.2) is 35.3 Å². The van der Waals surface area contributed by atoms with Gasteiger partial charge in [-0.25, -0.2) is 10.5 Å². The van der Waals surface area contributed by atoms with E-state index in [9.17, 15) is 9.59 Å². The van der Waals surface area contributed by atoms with Gasteiger partial charge in [0, 0.05) is 18.3 Å². The number of aromatic amines is 1. The first-order valence-electron chi connectivity index (χ1n) is 6.64. The summed E-state index contributed by atoms with van der Waals surface area (Å²) in [6.07, 6.45) is 1.62. The number of amides is 1. The fourth-order valence-corrected chi connectivity index (χ4v) is 2.25. The number of nitrogens with zero attached hydrogens (tertiary/aromatic N) is 3. The molecule has 0 saturated heterocycles. The Kier molecular flexibility index (Phi) is 3.43. The first-order chi connectivity index (χ1) is 10.6. The molecule has 1 aromatic carbocycles. The van der Waals surface area contributed by atoms with Crippen LogP contribution in [0.3, 0.4) is 0 Å². The van der Waals surface area contributed by atoms with Crippen LogP contribution in [0, 0.1) is 0 Å². The minimum Gasteiger partial charge on any atom is -0.305 e. The molecule has 0 bridgehead atoms. The third-order valence-corrected chi connectivity index (χ3v) is 3.33. The highest BCUT2D eigenvalue weighted by Gasteiger charge is 2.12. The van der Waals surface area contributed by atoms with Crippen molar-refractivity contribution in [3.8, 4) is 11.5 Å². The second kappa shape index (κ2) is 5.41. The van der Waals surface area contributed by atoms with Crippen LogP contribution < -0.4 is 11.0 Å². The van der Waals surface area contributed by atoms with Crippen LogP contribution in [0.1, 0.15) is 17.3 Å². The van der Waals surface area contributed by atoms with E-state index in [0.717, 1.165) is 0 Å². The van der Waals surface area contributed by atoms with Crippen molar-refractivity contribution in [1.29, 1.82) is 0 Å². The zero-order valence-electron chi connectivity index (χ0n) is 11.7. The number of rotatable bonds is 3. The Morgan fingerprint density at radius 3 is 2.95 bits per heavy atom. The number of H-pyrrole nitrogens is 1. The predicted molar refractivity (Wildman–Crippen MR) is 78.5 cm³/mol. The standard InChI is InChI=1S/C14H13N5O3/c1-2-19-11(5-6-15-19)12-16-10-7-8(13(20)18-22)3-4-9(10)14(21)17-12/h3-7,22H,2H2,1H3,(H,18,20)(H,16,17,21). The summed E-state index contributed by atoms with van der Waals surface area (Å²) >= 11 is 0. The van der Waals surface area contributed by atoms with E-state index in [1.165, 1.54) is 18.2 Å². The van der Waals surface area contributed by atoms with Crippen molar-refractivity contribution in [2.24, 2.45) is 0 Å². The molecule has 0 aliphatic carbocycles. The van der Waals surface area contributed by atoms with Crippen LogP contribution in [0.2, 0.25) is 0 Å². The molecule has 2 heterocycles. The Labute approximate surface area is 124 Å².